The van der Waals surface area contributed by atoms with Gasteiger partial charge >= 0.3 is 0 Å². The molecule has 2 aromatic carbocycles. The summed E-state index contributed by atoms with van der Waals surface area (Å²) in [7, 11) is -1.43. The van der Waals surface area contributed by atoms with Crippen LogP contribution in [0.15, 0.2) is 47.4 Å². The first-order chi connectivity index (χ1) is 14.4. The molecule has 162 valence electrons. The number of amides is 1. The molecule has 1 aliphatic heterocycles. The largest absolute Gasteiger partial charge is 0.354 e. The molecule has 1 unspecified atom stereocenters. The van der Waals surface area contributed by atoms with Crippen molar-refractivity contribution in [1.82, 2.24) is 14.5 Å². The lowest BCUT2D eigenvalue weighted by Gasteiger charge is -2.31. The predicted octanol–water partition coefficient (Wildman–Crippen LogP) is 2.84. The highest BCUT2D eigenvalue weighted by Gasteiger charge is 2.33. The maximum Gasteiger partial charge on any atom is 0.243 e. The van der Waals surface area contributed by atoms with Crippen LogP contribution in [0.3, 0.4) is 0 Å². The molecule has 6 nitrogen and oxygen atoms in total. The van der Waals surface area contributed by atoms with E-state index < -0.39 is 10.0 Å². The summed E-state index contributed by atoms with van der Waals surface area (Å²) in [5.41, 5.74) is 0. The van der Waals surface area contributed by atoms with Crippen LogP contribution in [0.4, 0.5) is 0 Å². The smallest absolute Gasteiger partial charge is 0.243 e. The highest BCUT2D eigenvalue weighted by molar-refractivity contribution is 7.89. The molecule has 0 aromatic heterocycles. The number of fused-ring (bicyclic) bond motifs is 1. The minimum atomic E-state index is -3.55. The molecule has 1 saturated heterocycles. The van der Waals surface area contributed by atoms with Gasteiger partial charge in [-0.25, -0.2) is 8.42 Å². The third kappa shape index (κ3) is 4.53. The molecule has 1 aliphatic carbocycles. The summed E-state index contributed by atoms with van der Waals surface area (Å²) in [4.78, 5) is 15.2. The highest BCUT2D eigenvalue weighted by atomic mass is 32.2. The Kier molecular flexibility index (Phi) is 6.14. The summed E-state index contributed by atoms with van der Waals surface area (Å²) in [5, 5.41) is 5.01. The lowest BCUT2D eigenvalue weighted by Crippen LogP contribution is -2.46. The lowest BCUT2D eigenvalue weighted by atomic mass is 9.97. The van der Waals surface area contributed by atoms with Crippen LogP contribution in [0.1, 0.15) is 32.6 Å². The molecule has 1 saturated carbocycles. The number of carbonyl (C=O) groups excluding carboxylic acids is 1. The maximum absolute atomic E-state index is 13.1. The maximum atomic E-state index is 13.1. The van der Waals surface area contributed by atoms with E-state index in [1.165, 1.54) is 17.1 Å². The van der Waals surface area contributed by atoms with Crippen LogP contribution < -0.4 is 5.32 Å². The van der Waals surface area contributed by atoms with Gasteiger partial charge < -0.3 is 5.32 Å². The van der Waals surface area contributed by atoms with Crippen LogP contribution in [0.5, 0.6) is 0 Å². The Bertz CT molecular complexity index is 1010. The van der Waals surface area contributed by atoms with Crippen molar-refractivity contribution in [2.24, 2.45) is 5.92 Å². The fourth-order valence-electron chi connectivity index (χ4n) is 4.21. The SMILES string of the molecule is CC(CNC(=O)C1CCN(S(=O)(=O)c2ccc3ccccc3c2)CC1)N(C)C1CC1. The van der Waals surface area contributed by atoms with E-state index in [2.05, 4.69) is 24.2 Å². The van der Waals surface area contributed by atoms with Gasteiger partial charge in [-0.15, -0.1) is 0 Å². The van der Waals surface area contributed by atoms with Gasteiger partial charge in [0.1, 0.15) is 0 Å². The van der Waals surface area contributed by atoms with Crippen LogP contribution in [-0.4, -0.2) is 62.3 Å². The van der Waals surface area contributed by atoms with E-state index in [1.54, 1.807) is 12.1 Å². The number of hydrogen-bond acceptors (Lipinski definition) is 4. The fourth-order valence-corrected chi connectivity index (χ4v) is 5.72. The molecule has 2 fully saturated rings. The molecular weight excluding hydrogens is 398 g/mol. The molecule has 1 heterocycles. The number of likely N-dealkylation sites (N-methyl/N-ethyl adjacent to an activating group) is 1. The van der Waals surface area contributed by atoms with Crippen molar-refractivity contribution in [3.05, 3.63) is 42.5 Å². The fraction of sp³-hybridized carbons (Fsp3) is 0.522. The summed E-state index contributed by atoms with van der Waals surface area (Å²) >= 11 is 0. The van der Waals surface area contributed by atoms with Gasteiger partial charge in [0.2, 0.25) is 15.9 Å². The standard InChI is InChI=1S/C23H31N3O3S/c1-17(25(2)21-8-9-21)16-24-23(27)19-11-13-26(14-12-19)30(28,29)22-10-7-18-5-3-4-6-20(18)15-22/h3-7,10,15,17,19,21H,8-9,11-14,16H2,1-2H3,(H,24,27). The monoisotopic (exact) mass is 429 g/mol. The molecule has 7 heteroatoms. The Balaban J connectivity index is 1.33. The first-order valence-electron chi connectivity index (χ1n) is 10.8. The van der Waals surface area contributed by atoms with Gasteiger partial charge in [-0.2, -0.15) is 4.31 Å². The molecule has 1 N–H and O–H groups in total. The summed E-state index contributed by atoms with van der Waals surface area (Å²) in [6.07, 6.45) is 3.62. The van der Waals surface area contributed by atoms with Crippen molar-refractivity contribution < 1.29 is 13.2 Å². The van der Waals surface area contributed by atoms with Gasteiger partial charge in [-0.1, -0.05) is 30.3 Å². The topological polar surface area (TPSA) is 69.7 Å². The average Bonchev–Trinajstić information content (AvgIpc) is 3.62. The van der Waals surface area contributed by atoms with Gasteiger partial charge in [0.25, 0.3) is 0 Å². The van der Waals surface area contributed by atoms with Gasteiger partial charge in [-0.3, -0.25) is 9.69 Å². The normalized spacial score (nSPS) is 19.8. The van der Waals surface area contributed by atoms with Gasteiger partial charge in [0.15, 0.2) is 0 Å². The number of nitrogens with zero attached hydrogens (tertiary/aromatic N) is 2. The van der Waals surface area contributed by atoms with Crippen LogP contribution >= 0.6 is 0 Å². The predicted molar refractivity (Wildman–Crippen MR) is 119 cm³/mol. The van der Waals surface area contributed by atoms with Crippen LogP contribution in [0.2, 0.25) is 0 Å². The van der Waals surface area contributed by atoms with Crippen molar-refractivity contribution in [1.29, 1.82) is 0 Å². The molecule has 4 rings (SSSR count). The number of rotatable bonds is 7. The van der Waals surface area contributed by atoms with E-state index in [1.807, 2.05) is 30.3 Å². The number of sulfonamides is 1. The average molecular weight is 430 g/mol. The lowest BCUT2D eigenvalue weighted by molar-refractivity contribution is -0.126. The Labute approximate surface area is 179 Å². The van der Waals surface area contributed by atoms with E-state index >= 15 is 0 Å². The minimum absolute atomic E-state index is 0.0498. The molecule has 0 spiro atoms. The van der Waals surface area contributed by atoms with E-state index in [9.17, 15) is 13.2 Å². The quantitative estimate of drug-likeness (QED) is 0.735. The number of hydrogen-bond donors (Lipinski definition) is 1. The summed E-state index contributed by atoms with van der Waals surface area (Å²) < 4.78 is 27.7. The molecule has 30 heavy (non-hydrogen) atoms. The van der Waals surface area contributed by atoms with Crippen LogP contribution in [0, 0.1) is 5.92 Å². The van der Waals surface area contributed by atoms with E-state index in [0.717, 1.165) is 10.8 Å². The molecule has 0 radical (unpaired) electrons. The summed E-state index contributed by atoms with van der Waals surface area (Å²) in [5.74, 6) is -0.0692. The summed E-state index contributed by atoms with van der Waals surface area (Å²) in [6.45, 7) is 3.54. The number of nitrogens with one attached hydrogen (secondary N) is 1. The van der Waals surface area contributed by atoms with Crippen molar-refractivity contribution in [2.45, 2.75) is 49.6 Å². The van der Waals surface area contributed by atoms with E-state index in [-0.39, 0.29) is 11.8 Å². The molecule has 2 aliphatic rings. The Morgan fingerprint density at radius 3 is 2.43 bits per heavy atom. The highest BCUT2D eigenvalue weighted by Crippen LogP contribution is 2.28. The van der Waals surface area contributed by atoms with E-state index in [4.69, 9.17) is 0 Å². The molecule has 2 aromatic rings. The Hall–Kier alpha value is -1.96. The first kappa shape index (κ1) is 21.3. The van der Waals surface area contributed by atoms with Crippen molar-refractivity contribution in [3.8, 4) is 0 Å². The van der Waals surface area contributed by atoms with Gasteiger partial charge in [0.05, 0.1) is 4.90 Å². The third-order valence-electron chi connectivity index (χ3n) is 6.57. The zero-order chi connectivity index (χ0) is 21.3. The summed E-state index contributed by atoms with van der Waals surface area (Å²) in [6, 6.07) is 14.0. The zero-order valence-corrected chi connectivity index (χ0v) is 18.6. The molecule has 1 amide bonds. The van der Waals surface area contributed by atoms with Crippen molar-refractivity contribution in [2.75, 3.05) is 26.7 Å². The zero-order valence-electron chi connectivity index (χ0n) is 17.8. The second-order valence-corrected chi connectivity index (χ2v) is 10.6. The third-order valence-corrected chi connectivity index (χ3v) is 8.47. The van der Waals surface area contributed by atoms with E-state index in [0.29, 0.717) is 49.5 Å². The van der Waals surface area contributed by atoms with Crippen molar-refractivity contribution in [3.63, 3.8) is 0 Å². The first-order valence-corrected chi connectivity index (χ1v) is 12.3. The van der Waals surface area contributed by atoms with Gasteiger partial charge in [-0.05, 0) is 62.6 Å². The van der Waals surface area contributed by atoms with Crippen LogP contribution in [0.25, 0.3) is 10.8 Å². The Morgan fingerprint density at radius 1 is 1.10 bits per heavy atom. The second-order valence-electron chi connectivity index (χ2n) is 8.68. The minimum Gasteiger partial charge on any atom is -0.354 e. The Morgan fingerprint density at radius 2 is 1.77 bits per heavy atom. The van der Waals surface area contributed by atoms with Crippen LogP contribution in [-0.2, 0) is 14.8 Å². The molecular formula is C23H31N3O3S. The second kappa shape index (κ2) is 8.65. The van der Waals surface area contributed by atoms with Crippen molar-refractivity contribution >= 4 is 26.7 Å². The number of carbonyl (C=O) groups is 1. The van der Waals surface area contributed by atoms with Gasteiger partial charge in [0, 0.05) is 37.6 Å². The number of piperidine rings is 1. The molecule has 0 bridgehead atoms. The number of benzene rings is 2. The molecule has 1 atom stereocenters.